The molecule has 2 aromatic heterocycles. The predicted molar refractivity (Wildman–Crippen MR) is 237 cm³/mol. The summed E-state index contributed by atoms with van der Waals surface area (Å²) >= 11 is 0. The van der Waals surface area contributed by atoms with Crippen LogP contribution in [0.3, 0.4) is 0 Å². The highest BCUT2D eigenvalue weighted by Crippen LogP contribution is 2.45. The van der Waals surface area contributed by atoms with Gasteiger partial charge in [-0.15, -0.1) is 0 Å². The van der Waals surface area contributed by atoms with Crippen LogP contribution < -0.4 is 0 Å². The lowest BCUT2D eigenvalue weighted by molar-refractivity contribution is 0.477. The van der Waals surface area contributed by atoms with E-state index >= 15 is 0 Å². The molecular weight excluding hydrogens is 683 g/mol. The summed E-state index contributed by atoms with van der Waals surface area (Å²) in [5.74, 6) is 0.914. The Hall–Kier alpha value is -5.48. The van der Waals surface area contributed by atoms with Gasteiger partial charge in [-0.25, -0.2) is 4.98 Å². The second kappa shape index (κ2) is 13.9. The van der Waals surface area contributed by atoms with E-state index < -0.39 is 0 Å². The first-order valence-corrected chi connectivity index (χ1v) is 19.9. The van der Waals surface area contributed by atoms with E-state index in [1.54, 1.807) is 6.07 Å². The van der Waals surface area contributed by atoms with Gasteiger partial charge in [0.25, 0.3) is 0 Å². The average molecular weight is 740 g/mol. The van der Waals surface area contributed by atoms with Gasteiger partial charge < -0.3 is 5.11 Å². The average Bonchev–Trinajstić information content (AvgIpc) is 3.52. The molecule has 0 unspecified atom stereocenters. The molecule has 286 valence electrons. The largest absolute Gasteiger partial charge is 0.507 e. The van der Waals surface area contributed by atoms with Crippen molar-refractivity contribution >= 4 is 11.0 Å². The van der Waals surface area contributed by atoms with E-state index in [0.717, 1.165) is 50.2 Å². The lowest BCUT2D eigenvalue weighted by atomic mass is 9.78. The van der Waals surface area contributed by atoms with E-state index in [1.165, 1.54) is 22.3 Å². The molecule has 0 aliphatic rings. The van der Waals surface area contributed by atoms with Crippen molar-refractivity contribution in [3.63, 3.8) is 0 Å². The summed E-state index contributed by atoms with van der Waals surface area (Å²) in [6.07, 6.45) is 1.93. The second-order valence-electron chi connectivity index (χ2n) is 19.5. The Labute approximate surface area is 334 Å². The first kappa shape index (κ1) is 38.8. The molecular formula is C52H57N3O. The van der Waals surface area contributed by atoms with Crippen molar-refractivity contribution < 1.29 is 5.11 Å². The van der Waals surface area contributed by atoms with Crippen molar-refractivity contribution in [2.24, 2.45) is 0 Å². The molecule has 1 N–H and O–H groups in total. The van der Waals surface area contributed by atoms with Crippen LogP contribution >= 0.6 is 0 Å². The first-order valence-electron chi connectivity index (χ1n) is 19.9. The highest BCUT2D eigenvalue weighted by Gasteiger charge is 2.31. The van der Waals surface area contributed by atoms with Gasteiger partial charge in [0.2, 0.25) is 0 Å². The number of fused-ring (bicyclic) bond motifs is 1. The molecule has 7 rings (SSSR count). The standard InChI is InChI=1S/C52H57N3O/c1-49(2,3)37-25-26-53-43(31-37)36-28-34(33-19-14-13-15-20-33)27-35(29-36)40-30-38(50(4,5)6)32-44-46(40)54-48(39-21-16-17-24-45(39)56)55(44)47-41(51(7,8)9)22-18-23-42(47)52(10,11)12/h13-32,56H,1-12H3. The quantitative estimate of drug-likeness (QED) is 0.191. The molecule has 56 heavy (non-hydrogen) atoms. The third kappa shape index (κ3) is 7.42. The summed E-state index contributed by atoms with van der Waals surface area (Å²) in [6, 6.07) is 40.8. The number of phenolic OH excluding ortho intramolecular Hbond substituents is 1. The third-order valence-corrected chi connectivity index (χ3v) is 10.9. The molecule has 4 heteroatoms. The van der Waals surface area contributed by atoms with Gasteiger partial charge >= 0.3 is 0 Å². The zero-order valence-corrected chi connectivity index (χ0v) is 35.3. The van der Waals surface area contributed by atoms with E-state index in [-0.39, 0.29) is 27.4 Å². The predicted octanol–water partition coefficient (Wildman–Crippen LogP) is 14.0. The van der Waals surface area contributed by atoms with Gasteiger partial charge in [-0.05, 0) is 115 Å². The smallest absolute Gasteiger partial charge is 0.149 e. The number of benzene rings is 5. The summed E-state index contributed by atoms with van der Waals surface area (Å²) in [5, 5.41) is 11.5. The molecule has 0 aliphatic carbocycles. The van der Waals surface area contributed by atoms with Crippen LogP contribution in [0.5, 0.6) is 5.75 Å². The Balaban J connectivity index is 1.66. The number of para-hydroxylation sites is 2. The van der Waals surface area contributed by atoms with Gasteiger partial charge in [-0.2, -0.15) is 0 Å². The molecule has 0 bridgehead atoms. The number of pyridine rings is 1. The van der Waals surface area contributed by atoms with Crippen molar-refractivity contribution in [3.05, 3.63) is 144 Å². The zero-order chi connectivity index (χ0) is 40.4. The highest BCUT2D eigenvalue weighted by molar-refractivity contribution is 5.98. The molecule has 0 fully saturated rings. The van der Waals surface area contributed by atoms with Crippen molar-refractivity contribution in [3.8, 4) is 56.3 Å². The van der Waals surface area contributed by atoms with Crippen molar-refractivity contribution in [2.75, 3.05) is 0 Å². The molecule has 0 spiro atoms. The van der Waals surface area contributed by atoms with Crippen molar-refractivity contribution in [1.29, 1.82) is 0 Å². The van der Waals surface area contributed by atoms with Gasteiger partial charge in [-0.1, -0.05) is 144 Å². The van der Waals surface area contributed by atoms with Crippen LogP contribution in [0.2, 0.25) is 0 Å². The highest BCUT2D eigenvalue weighted by atomic mass is 16.3. The molecule has 0 amide bonds. The van der Waals surface area contributed by atoms with E-state index in [2.05, 4.69) is 179 Å². The normalized spacial score (nSPS) is 12.7. The number of phenols is 1. The maximum atomic E-state index is 11.5. The minimum absolute atomic E-state index is 0.0216. The molecule has 4 nitrogen and oxygen atoms in total. The molecule has 2 heterocycles. The molecule has 0 aliphatic heterocycles. The van der Waals surface area contributed by atoms with Crippen LogP contribution in [-0.4, -0.2) is 19.6 Å². The van der Waals surface area contributed by atoms with Crippen LogP contribution in [-0.2, 0) is 21.7 Å². The monoisotopic (exact) mass is 739 g/mol. The molecule has 0 radical (unpaired) electrons. The molecule has 5 aromatic carbocycles. The number of rotatable bonds is 5. The van der Waals surface area contributed by atoms with E-state index in [1.807, 2.05) is 24.4 Å². The van der Waals surface area contributed by atoms with Gasteiger partial charge in [0, 0.05) is 17.3 Å². The summed E-state index contributed by atoms with van der Waals surface area (Å²) in [5.41, 5.74) is 14.4. The van der Waals surface area contributed by atoms with E-state index in [9.17, 15) is 5.11 Å². The van der Waals surface area contributed by atoms with Crippen LogP contribution in [0.4, 0.5) is 0 Å². The fraction of sp³-hybridized carbons (Fsp3) is 0.308. The number of aromatic nitrogens is 3. The van der Waals surface area contributed by atoms with Crippen molar-refractivity contribution in [2.45, 2.75) is 105 Å². The summed E-state index contributed by atoms with van der Waals surface area (Å²) in [7, 11) is 0. The van der Waals surface area contributed by atoms with Gasteiger partial charge in [0.05, 0.1) is 28.0 Å². The van der Waals surface area contributed by atoms with Crippen molar-refractivity contribution in [1.82, 2.24) is 14.5 Å². The maximum Gasteiger partial charge on any atom is 0.149 e. The number of aromatic hydroxyl groups is 1. The Morgan fingerprint density at radius 3 is 1.68 bits per heavy atom. The lowest BCUT2D eigenvalue weighted by Crippen LogP contribution is -2.22. The van der Waals surface area contributed by atoms with Crippen LogP contribution in [0.25, 0.3) is 61.6 Å². The number of nitrogens with zero attached hydrogens (tertiary/aromatic N) is 3. The van der Waals surface area contributed by atoms with Gasteiger partial charge in [0.15, 0.2) is 0 Å². The van der Waals surface area contributed by atoms with Crippen LogP contribution in [0, 0.1) is 0 Å². The number of imidazole rings is 1. The Morgan fingerprint density at radius 2 is 1.07 bits per heavy atom. The Kier molecular flexibility index (Phi) is 9.64. The molecule has 0 atom stereocenters. The topological polar surface area (TPSA) is 50.9 Å². The SMILES string of the molecule is CC(C)(C)c1ccnc(-c2cc(-c3ccccc3)cc(-c3cc(C(C)(C)C)cc4c3nc(-c3ccccc3O)n4-c3c(C(C)(C)C)cccc3C(C)(C)C)c2)c1. The van der Waals surface area contributed by atoms with Crippen LogP contribution in [0.15, 0.2) is 121 Å². The van der Waals surface area contributed by atoms with Gasteiger partial charge in [0.1, 0.15) is 11.6 Å². The minimum Gasteiger partial charge on any atom is -0.507 e. The minimum atomic E-state index is -0.179. The zero-order valence-electron chi connectivity index (χ0n) is 35.3. The van der Waals surface area contributed by atoms with E-state index in [0.29, 0.717) is 11.4 Å². The lowest BCUT2D eigenvalue weighted by Gasteiger charge is -2.31. The Bertz CT molecular complexity index is 2530. The number of hydrogen-bond donors (Lipinski definition) is 1. The summed E-state index contributed by atoms with van der Waals surface area (Å²) in [4.78, 5) is 10.5. The molecule has 7 aromatic rings. The molecule has 0 saturated heterocycles. The fourth-order valence-corrected chi connectivity index (χ4v) is 7.68. The third-order valence-electron chi connectivity index (χ3n) is 10.9. The molecule has 0 saturated carbocycles. The first-order chi connectivity index (χ1) is 26.2. The van der Waals surface area contributed by atoms with E-state index in [4.69, 9.17) is 9.97 Å². The van der Waals surface area contributed by atoms with Gasteiger partial charge in [-0.3, -0.25) is 9.55 Å². The second-order valence-corrected chi connectivity index (χ2v) is 19.5. The number of hydrogen-bond acceptors (Lipinski definition) is 3. The fourth-order valence-electron chi connectivity index (χ4n) is 7.68. The summed E-state index contributed by atoms with van der Waals surface area (Å²) in [6.45, 7) is 27.2. The van der Waals surface area contributed by atoms with Crippen LogP contribution in [0.1, 0.15) is 105 Å². The summed E-state index contributed by atoms with van der Waals surface area (Å²) < 4.78 is 2.35. The Morgan fingerprint density at radius 1 is 0.482 bits per heavy atom. The maximum absolute atomic E-state index is 11.5.